The molecule has 1 N–H and O–H groups in total. The van der Waals surface area contributed by atoms with Gasteiger partial charge in [0.2, 0.25) is 10.0 Å². The largest absolute Gasteiger partial charge is 0.303 e. The highest BCUT2D eigenvalue weighted by molar-refractivity contribution is 9.10. The molecule has 1 rings (SSSR count). The van der Waals surface area contributed by atoms with E-state index in [2.05, 4.69) is 25.6 Å². The lowest BCUT2D eigenvalue weighted by molar-refractivity contribution is 0.227. The van der Waals surface area contributed by atoms with Crippen molar-refractivity contribution in [2.75, 3.05) is 30.8 Å². The summed E-state index contributed by atoms with van der Waals surface area (Å²) >= 11 is 2.94. The van der Waals surface area contributed by atoms with Crippen LogP contribution in [-0.4, -0.2) is 44.2 Å². The lowest BCUT2D eigenvalue weighted by Crippen LogP contribution is -2.33. The van der Waals surface area contributed by atoms with Crippen LogP contribution in [0.15, 0.2) is 0 Å². The van der Waals surface area contributed by atoms with Crippen LogP contribution in [0.3, 0.4) is 0 Å². The molecule has 0 aliphatic carbocycles. The first-order valence-corrected chi connectivity index (χ1v) is 8.17. The lowest BCUT2D eigenvalue weighted by Gasteiger charge is -2.26. The van der Waals surface area contributed by atoms with E-state index in [0.29, 0.717) is 6.54 Å². The van der Waals surface area contributed by atoms with Gasteiger partial charge in [0, 0.05) is 6.54 Å². The summed E-state index contributed by atoms with van der Waals surface area (Å²) in [4.78, 5) is 2.41. The topological polar surface area (TPSA) is 49.4 Å². The number of alkyl halides is 1. The monoisotopic (exact) mass is 298 g/mol. The molecular formula is C9H19BrN2O2S. The van der Waals surface area contributed by atoms with Gasteiger partial charge in [-0.1, -0.05) is 22.4 Å². The van der Waals surface area contributed by atoms with Crippen LogP contribution < -0.4 is 4.72 Å². The maximum Gasteiger partial charge on any atom is 0.221 e. The number of hydrogen-bond acceptors (Lipinski definition) is 3. The van der Waals surface area contributed by atoms with Crippen LogP contribution in [-0.2, 0) is 10.0 Å². The van der Waals surface area contributed by atoms with Crippen molar-refractivity contribution in [1.29, 1.82) is 0 Å². The van der Waals surface area contributed by atoms with Crippen molar-refractivity contribution in [2.24, 2.45) is 0 Å². The smallest absolute Gasteiger partial charge is 0.221 e. The first kappa shape index (κ1) is 13.4. The molecule has 0 aromatic carbocycles. The van der Waals surface area contributed by atoms with Crippen LogP contribution in [0.2, 0.25) is 0 Å². The Morgan fingerprint density at radius 1 is 1.20 bits per heavy atom. The highest BCUT2D eigenvalue weighted by Gasteiger charge is 2.10. The molecule has 0 amide bonds. The molecule has 0 unspecified atom stereocenters. The Morgan fingerprint density at radius 2 is 1.87 bits per heavy atom. The summed E-state index contributed by atoms with van der Waals surface area (Å²) in [5.74, 6) is 0. The van der Waals surface area contributed by atoms with Gasteiger partial charge in [0.15, 0.2) is 0 Å². The number of rotatable bonds is 6. The number of halogens is 1. The third-order valence-corrected chi connectivity index (χ3v) is 5.30. The molecule has 1 fully saturated rings. The fraction of sp³-hybridized carbons (Fsp3) is 1.00. The van der Waals surface area contributed by atoms with Crippen LogP contribution in [0.25, 0.3) is 0 Å². The predicted octanol–water partition coefficient (Wildman–Crippen LogP) is 1.13. The van der Waals surface area contributed by atoms with Crippen LogP contribution in [0, 0.1) is 0 Å². The normalized spacial score (nSPS) is 19.3. The Morgan fingerprint density at radius 3 is 2.47 bits per heavy atom. The van der Waals surface area contributed by atoms with E-state index in [-0.39, 0.29) is 4.66 Å². The summed E-state index contributed by atoms with van der Waals surface area (Å²) in [5.41, 5.74) is 0. The Balaban J connectivity index is 2.06. The Hall–Kier alpha value is 0.350. The Labute approximate surface area is 101 Å². The van der Waals surface area contributed by atoms with Crippen molar-refractivity contribution in [3.05, 3.63) is 0 Å². The van der Waals surface area contributed by atoms with Crippen molar-refractivity contribution in [3.63, 3.8) is 0 Å². The highest BCUT2D eigenvalue weighted by Crippen LogP contribution is 2.08. The Bertz CT molecular complexity index is 263. The number of nitrogens with zero attached hydrogens (tertiary/aromatic N) is 1. The summed E-state index contributed by atoms with van der Waals surface area (Å²) in [6.45, 7) is 3.89. The van der Waals surface area contributed by atoms with Crippen LogP contribution >= 0.6 is 15.9 Å². The van der Waals surface area contributed by atoms with E-state index in [1.165, 1.54) is 32.4 Å². The average molecular weight is 299 g/mol. The summed E-state index contributed by atoms with van der Waals surface area (Å²) in [6.07, 6.45) is 4.80. The SMILES string of the molecule is O=S(=O)(CBr)NCCCN1CCCCC1. The van der Waals surface area contributed by atoms with E-state index in [1.807, 2.05) is 0 Å². The standard InChI is InChI=1S/C9H19BrN2O2S/c10-9-15(13,14)11-5-4-8-12-6-2-1-3-7-12/h11H,1-9H2. The van der Waals surface area contributed by atoms with Gasteiger partial charge in [-0.15, -0.1) is 0 Å². The zero-order chi connectivity index (χ0) is 11.1. The zero-order valence-corrected chi connectivity index (χ0v) is 11.3. The number of nitrogens with one attached hydrogen (secondary N) is 1. The quantitative estimate of drug-likeness (QED) is 0.591. The maximum absolute atomic E-state index is 11.1. The molecule has 15 heavy (non-hydrogen) atoms. The van der Waals surface area contributed by atoms with Gasteiger partial charge >= 0.3 is 0 Å². The van der Waals surface area contributed by atoms with Gasteiger partial charge in [0.1, 0.15) is 4.66 Å². The Kier molecular flexibility index (Phi) is 6.11. The second-order valence-electron chi connectivity index (χ2n) is 3.87. The molecule has 0 bridgehead atoms. The van der Waals surface area contributed by atoms with E-state index in [9.17, 15) is 8.42 Å². The minimum Gasteiger partial charge on any atom is -0.303 e. The fourth-order valence-corrected chi connectivity index (χ4v) is 2.77. The van der Waals surface area contributed by atoms with Gasteiger partial charge in [-0.3, -0.25) is 0 Å². The van der Waals surface area contributed by atoms with Crippen molar-refractivity contribution >= 4 is 26.0 Å². The minimum atomic E-state index is -3.07. The van der Waals surface area contributed by atoms with Crippen LogP contribution in [0.1, 0.15) is 25.7 Å². The number of hydrogen-bond donors (Lipinski definition) is 1. The van der Waals surface area contributed by atoms with Crippen molar-refractivity contribution in [1.82, 2.24) is 9.62 Å². The van der Waals surface area contributed by atoms with Gasteiger partial charge < -0.3 is 4.90 Å². The van der Waals surface area contributed by atoms with Crippen molar-refractivity contribution in [3.8, 4) is 0 Å². The molecule has 1 saturated heterocycles. The summed E-state index contributed by atoms with van der Waals surface area (Å²) in [6, 6.07) is 0. The van der Waals surface area contributed by atoms with E-state index in [1.54, 1.807) is 0 Å². The predicted molar refractivity (Wildman–Crippen MR) is 65.6 cm³/mol. The first-order chi connectivity index (χ1) is 7.14. The molecular weight excluding hydrogens is 280 g/mol. The van der Waals surface area contributed by atoms with E-state index < -0.39 is 10.0 Å². The molecule has 0 saturated carbocycles. The summed E-state index contributed by atoms with van der Waals surface area (Å²) in [7, 11) is -3.07. The minimum absolute atomic E-state index is 0.0102. The molecule has 0 atom stereocenters. The van der Waals surface area contributed by atoms with Gasteiger partial charge in [-0.2, -0.15) is 0 Å². The van der Waals surface area contributed by atoms with Crippen LogP contribution in [0.4, 0.5) is 0 Å². The molecule has 1 aliphatic rings. The number of sulfonamides is 1. The summed E-state index contributed by atoms with van der Waals surface area (Å²) in [5, 5.41) is 0. The second kappa shape index (κ2) is 6.83. The van der Waals surface area contributed by atoms with Crippen molar-refractivity contribution < 1.29 is 8.42 Å². The highest BCUT2D eigenvalue weighted by atomic mass is 79.9. The molecule has 90 valence electrons. The van der Waals surface area contributed by atoms with E-state index in [4.69, 9.17) is 0 Å². The molecule has 0 radical (unpaired) electrons. The van der Waals surface area contributed by atoms with Crippen molar-refractivity contribution in [2.45, 2.75) is 25.7 Å². The molecule has 1 heterocycles. The van der Waals surface area contributed by atoms with Crippen LogP contribution in [0.5, 0.6) is 0 Å². The lowest BCUT2D eigenvalue weighted by atomic mass is 10.1. The fourth-order valence-electron chi connectivity index (χ4n) is 1.75. The second-order valence-corrected chi connectivity index (χ2v) is 6.98. The third kappa shape index (κ3) is 5.85. The van der Waals surface area contributed by atoms with E-state index >= 15 is 0 Å². The number of likely N-dealkylation sites (tertiary alicyclic amines) is 1. The van der Waals surface area contributed by atoms with Gasteiger partial charge in [-0.25, -0.2) is 13.1 Å². The molecule has 0 spiro atoms. The molecule has 6 heteroatoms. The van der Waals surface area contributed by atoms with Gasteiger partial charge in [-0.05, 0) is 38.9 Å². The van der Waals surface area contributed by atoms with E-state index in [0.717, 1.165) is 13.0 Å². The third-order valence-electron chi connectivity index (χ3n) is 2.57. The molecule has 0 aromatic heterocycles. The average Bonchev–Trinajstić information content (AvgIpc) is 2.26. The molecule has 4 nitrogen and oxygen atoms in total. The zero-order valence-electron chi connectivity index (χ0n) is 8.91. The molecule has 0 aromatic rings. The molecule has 1 aliphatic heterocycles. The summed E-state index contributed by atoms with van der Waals surface area (Å²) < 4.78 is 24.7. The maximum atomic E-state index is 11.1. The van der Waals surface area contributed by atoms with Gasteiger partial charge in [0.05, 0.1) is 0 Å². The van der Waals surface area contributed by atoms with Gasteiger partial charge in [0.25, 0.3) is 0 Å². The first-order valence-electron chi connectivity index (χ1n) is 5.40. The number of piperidine rings is 1.